The topological polar surface area (TPSA) is 80.6 Å². The van der Waals surface area contributed by atoms with Crippen LogP contribution in [-0.2, 0) is 0 Å². The fraction of sp³-hybridized carbons (Fsp3) is 0.0870. The Morgan fingerprint density at radius 2 is 1.87 bits per heavy atom. The van der Waals surface area contributed by atoms with E-state index in [1.807, 2.05) is 48.0 Å². The van der Waals surface area contributed by atoms with Crippen LogP contribution in [0.25, 0.3) is 28.1 Å². The summed E-state index contributed by atoms with van der Waals surface area (Å²) < 4.78 is 20.6. The zero-order valence-corrected chi connectivity index (χ0v) is 16.9. The van der Waals surface area contributed by atoms with Crippen molar-refractivity contribution in [3.63, 3.8) is 0 Å². The lowest BCUT2D eigenvalue weighted by molar-refractivity contribution is 0.396. The Kier molecular flexibility index (Phi) is 4.59. The SMILES string of the molecule is COc1nc(Nc2cccc3[nH]c(-c4ccc(F)cc4)nc23)ccc1-n1cnc(C)c1. The smallest absolute Gasteiger partial charge is 0.240 e. The van der Waals surface area contributed by atoms with Crippen LogP contribution in [0.1, 0.15) is 5.69 Å². The van der Waals surface area contributed by atoms with Crippen LogP contribution < -0.4 is 10.1 Å². The van der Waals surface area contributed by atoms with Gasteiger partial charge in [-0.05, 0) is 55.5 Å². The monoisotopic (exact) mass is 414 g/mol. The van der Waals surface area contributed by atoms with Gasteiger partial charge in [-0.3, -0.25) is 0 Å². The van der Waals surface area contributed by atoms with Gasteiger partial charge in [0.05, 0.1) is 30.3 Å². The van der Waals surface area contributed by atoms with Crippen molar-refractivity contribution in [1.29, 1.82) is 0 Å². The summed E-state index contributed by atoms with van der Waals surface area (Å²) in [4.78, 5) is 16.8. The van der Waals surface area contributed by atoms with E-state index in [-0.39, 0.29) is 5.82 Å². The summed E-state index contributed by atoms with van der Waals surface area (Å²) in [6.07, 6.45) is 3.64. The zero-order valence-electron chi connectivity index (χ0n) is 16.9. The van der Waals surface area contributed by atoms with Crippen LogP contribution in [0.15, 0.2) is 67.1 Å². The van der Waals surface area contributed by atoms with E-state index in [0.717, 1.165) is 33.7 Å². The third-order valence-corrected chi connectivity index (χ3v) is 4.92. The van der Waals surface area contributed by atoms with Crippen LogP contribution in [0.3, 0.4) is 0 Å². The first-order valence-corrected chi connectivity index (χ1v) is 9.68. The van der Waals surface area contributed by atoms with E-state index in [4.69, 9.17) is 9.72 Å². The lowest BCUT2D eigenvalue weighted by atomic mass is 10.2. The number of anilines is 2. The van der Waals surface area contributed by atoms with Crippen molar-refractivity contribution < 1.29 is 9.13 Å². The predicted octanol–water partition coefficient (Wildman–Crippen LogP) is 5.01. The first-order chi connectivity index (χ1) is 15.1. The number of aryl methyl sites for hydroxylation is 1. The molecule has 0 radical (unpaired) electrons. The highest BCUT2D eigenvalue weighted by Crippen LogP contribution is 2.29. The molecule has 0 amide bonds. The summed E-state index contributed by atoms with van der Waals surface area (Å²) in [5, 5.41) is 3.32. The Bertz CT molecular complexity index is 1370. The summed E-state index contributed by atoms with van der Waals surface area (Å²) in [6, 6.07) is 15.8. The zero-order chi connectivity index (χ0) is 21.4. The Morgan fingerprint density at radius 1 is 1.03 bits per heavy atom. The number of methoxy groups -OCH3 is 1. The molecule has 0 aliphatic rings. The van der Waals surface area contributed by atoms with Gasteiger partial charge in [0.2, 0.25) is 5.88 Å². The largest absolute Gasteiger partial charge is 0.479 e. The molecule has 3 aromatic heterocycles. The third kappa shape index (κ3) is 3.59. The molecule has 7 nitrogen and oxygen atoms in total. The van der Waals surface area contributed by atoms with Crippen molar-refractivity contribution >= 4 is 22.5 Å². The number of hydrogen-bond acceptors (Lipinski definition) is 5. The number of imidazole rings is 2. The molecule has 0 aliphatic carbocycles. The number of H-pyrrole nitrogens is 1. The maximum Gasteiger partial charge on any atom is 0.240 e. The second-order valence-electron chi connectivity index (χ2n) is 7.07. The number of halogens is 1. The molecule has 0 fully saturated rings. The van der Waals surface area contributed by atoms with E-state index in [1.165, 1.54) is 12.1 Å². The van der Waals surface area contributed by atoms with Crippen LogP contribution >= 0.6 is 0 Å². The normalized spacial score (nSPS) is 11.1. The molecule has 8 heteroatoms. The van der Waals surface area contributed by atoms with E-state index in [9.17, 15) is 4.39 Å². The molecular weight excluding hydrogens is 395 g/mol. The Balaban J connectivity index is 1.49. The van der Waals surface area contributed by atoms with Crippen molar-refractivity contribution in [2.75, 3.05) is 12.4 Å². The second-order valence-corrected chi connectivity index (χ2v) is 7.07. The Hall–Kier alpha value is -4.20. The molecule has 31 heavy (non-hydrogen) atoms. The first-order valence-electron chi connectivity index (χ1n) is 9.68. The van der Waals surface area contributed by atoms with Crippen LogP contribution in [0, 0.1) is 12.7 Å². The maximum atomic E-state index is 13.3. The van der Waals surface area contributed by atoms with Crippen LogP contribution in [0.2, 0.25) is 0 Å². The van der Waals surface area contributed by atoms with E-state index in [2.05, 4.69) is 20.3 Å². The summed E-state index contributed by atoms with van der Waals surface area (Å²) in [7, 11) is 1.59. The first kappa shape index (κ1) is 18.8. The molecular formula is C23H19FN6O. The number of rotatable bonds is 5. The second kappa shape index (κ2) is 7.56. The lowest BCUT2D eigenvalue weighted by Crippen LogP contribution is -2.01. The predicted molar refractivity (Wildman–Crippen MR) is 117 cm³/mol. The minimum atomic E-state index is -0.281. The lowest BCUT2D eigenvalue weighted by Gasteiger charge is -2.11. The highest BCUT2D eigenvalue weighted by Gasteiger charge is 2.12. The number of benzene rings is 2. The number of nitrogens with zero attached hydrogens (tertiary/aromatic N) is 4. The molecule has 3 heterocycles. The van der Waals surface area contributed by atoms with Gasteiger partial charge in [0.15, 0.2) is 0 Å². The van der Waals surface area contributed by atoms with Gasteiger partial charge in [-0.25, -0.2) is 14.4 Å². The van der Waals surface area contributed by atoms with Gasteiger partial charge in [0, 0.05) is 11.8 Å². The van der Waals surface area contributed by atoms with E-state index in [1.54, 1.807) is 25.6 Å². The van der Waals surface area contributed by atoms with Crippen molar-refractivity contribution in [3.8, 4) is 23.0 Å². The highest BCUT2D eigenvalue weighted by molar-refractivity contribution is 5.92. The number of para-hydroxylation sites is 1. The fourth-order valence-corrected chi connectivity index (χ4v) is 3.42. The highest BCUT2D eigenvalue weighted by atomic mass is 19.1. The average molecular weight is 414 g/mol. The number of nitrogens with one attached hydrogen (secondary N) is 2. The fourth-order valence-electron chi connectivity index (χ4n) is 3.42. The van der Waals surface area contributed by atoms with Gasteiger partial charge in [-0.15, -0.1) is 0 Å². The van der Waals surface area contributed by atoms with Gasteiger partial charge in [-0.1, -0.05) is 6.07 Å². The van der Waals surface area contributed by atoms with Crippen LogP contribution in [0.4, 0.5) is 15.9 Å². The van der Waals surface area contributed by atoms with Gasteiger partial charge in [0.1, 0.15) is 28.7 Å². The third-order valence-electron chi connectivity index (χ3n) is 4.92. The van der Waals surface area contributed by atoms with Gasteiger partial charge in [0.25, 0.3) is 0 Å². The number of pyridine rings is 1. The molecule has 5 rings (SSSR count). The van der Waals surface area contributed by atoms with Crippen LogP contribution in [0.5, 0.6) is 5.88 Å². The van der Waals surface area contributed by atoms with E-state index < -0.39 is 0 Å². The minimum Gasteiger partial charge on any atom is -0.479 e. The number of hydrogen-bond donors (Lipinski definition) is 2. The molecule has 2 aromatic carbocycles. The molecule has 0 spiro atoms. The molecule has 0 saturated heterocycles. The van der Waals surface area contributed by atoms with Crippen molar-refractivity contribution in [3.05, 3.63) is 78.6 Å². The Morgan fingerprint density at radius 3 is 2.61 bits per heavy atom. The van der Waals surface area contributed by atoms with Crippen LogP contribution in [-0.4, -0.2) is 31.6 Å². The van der Waals surface area contributed by atoms with E-state index >= 15 is 0 Å². The molecule has 0 bridgehead atoms. The quantitative estimate of drug-likeness (QED) is 0.423. The maximum absolute atomic E-state index is 13.3. The standard InChI is InChI=1S/C23H19FN6O/c1-14-12-30(13-25-14)19-10-11-20(28-23(19)31-2)26-17-4-3-5-18-21(17)29-22(27-18)15-6-8-16(24)9-7-15/h3-13H,1-2H3,(H,26,28)(H,27,29). The van der Waals surface area contributed by atoms with Gasteiger partial charge >= 0.3 is 0 Å². The van der Waals surface area contributed by atoms with Crippen molar-refractivity contribution in [1.82, 2.24) is 24.5 Å². The van der Waals surface area contributed by atoms with E-state index in [0.29, 0.717) is 17.5 Å². The molecule has 0 aliphatic heterocycles. The summed E-state index contributed by atoms with van der Waals surface area (Å²) in [5.41, 5.74) is 4.93. The molecule has 0 saturated carbocycles. The summed E-state index contributed by atoms with van der Waals surface area (Å²) >= 11 is 0. The summed E-state index contributed by atoms with van der Waals surface area (Å²) in [5.74, 6) is 1.48. The van der Waals surface area contributed by atoms with Crippen molar-refractivity contribution in [2.24, 2.45) is 0 Å². The van der Waals surface area contributed by atoms with Crippen molar-refractivity contribution in [2.45, 2.75) is 6.92 Å². The van der Waals surface area contributed by atoms with Gasteiger partial charge < -0.3 is 19.6 Å². The molecule has 5 aromatic rings. The Labute approximate surface area is 177 Å². The summed E-state index contributed by atoms with van der Waals surface area (Å²) in [6.45, 7) is 1.93. The number of aromatic nitrogens is 5. The molecule has 154 valence electrons. The molecule has 0 unspecified atom stereocenters. The average Bonchev–Trinajstić information content (AvgIpc) is 3.41. The minimum absolute atomic E-state index is 0.281. The number of aromatic amines is 1. The number of fused-ring (bicyclic) bond motifs is 1. The molecule has 0 atom stereocenters. The van der Waals surface area contributed by atoms with Gasteiger partial charge in [-0.2, -0.15) is 4.98 Å². The molecule has 2 N–H and O–H groups in total. The number of ether oxygens (including phenoxy) is 1.